The summed E-state index contributed by atoms with van der Waals surface area (Å²) in [6.07, 6.45) is 0.431. The summed E-state index contributed by atoms with van der Waals surface area (Å²) in [5.41, 5.74) is 4.10. The van der Waals surface area contributed by atoms with Crippen molar-refractivity contribution in [2.45, 2.75) is 20.3 Å². The highest BCUT2D eigenvalue weighted by atomic mass is 16.2. The predicted octanol–water partition coefficient (Wildman–Crippen LogP) is 2.17. The Bertz CT molecular complexity index is 772. The standard InChI is InChI=1S/C20H25N3O2/c1-15-13-18(16(2)21(15)3)14-19(24)22-9-11-23(12-10-22)20(25)17-7-5-4-6-8-17/h4-8,13H,9-12,14H2,1-3H3. The van der Waals surface area contributed by atoms with Crippen LogP contribution in [0.5, 0.6) is 0 Å². The van der Waals surface area contributed by atoms with Crippen LogP contribution < -0.4 is 0 Å². The van der Waals surface area contributed by atoms with E-state index in [1.54, 1.807) is 0 Å². The fourth-order valence-electron chi connectivity index (χ4n) is 3.31. The molecule has 1 fully saturated rings. The van der Waals surface area contributed by atoms with Crippen LogP contribution in [0.1, 0.15) is 27.3 Å². The van der Waals surface area contributed by atoms with Crippen molar-refractivity contribution in [3.05, 3.63) is 58.9 Å². The molecule has 5 nitrogen and oxygen atoms in total. The Balaban J connectivity index is 1.57. The number of benzene rings is 1. The van der Waals surface area contributed by atoms with E-state index in [2.05, 4.69) is 17.6 Å². The van der Waals surface area contributed by atoms with Crippen LogP contribution in [-0.4, -0.2) is 52.4 Å². The van der Waals surface area contributed by atoms with E-state index in [0.717, 1.165) is 11.3 Å². The van der Waals surface area contributed by atoms with Gasteiger partial charge in [-0.2, -0.15) is 0 Å². The van der Waals surface area contributed by atoms with Gasteiger partial charge in [-0.05, 0) is 37.6 Å². The van der Waals surface area contributed by atoms with Crippen LogP contribution in [0.4, 0.5) is 0 Å². The molecule has 25 heavy (non-hydrogen) atoms. The van der Waals surface area contributed by atoms with Gasteiger partial charge < -0.3 is 14.4 Å². The molecule has 1 aliphatic heterocycles. The monoisotopic (exact) mass is 339 g/mol. The van der Waals surface area contributed by atoms with Crippen LogP contribution in [0.3, 0.4) is 0 Å². The van der Waals surface area contributed by atoms with Crippen LogP contribution >= 0.6 is 0 Å². The van der Waals surface area contributed by atoms with Crippen molar-refractivity contribution < 1.29 is 9.59 Å². The zero-order valence-corrected chi connectivity index (χ0v) is 15.2. The first-order chi connectivity index (χ1) is 12.0. The van der Waals surface area contributed by atoms with Gasteiger partial charge in [0.1, 0.15) is 0 Å². The van der Waals surface area contributed by atoms with Gasteiger partial charge >= 0.3 is 0 Å². The summed E-state index contributed by atoms with van der Waals surface area (Å²) in [6, 6.07) is 11.4. The molecule has 0 aliphatic carbocycles. The Morgan fingerprint density at radius 3 is 2.12 bits per heavy atom. The van der Waals surface area contributed by atoms with Gasteiger partial charge in [0.2, 0.25) is 5.91 Å². The van der Waals surface area contributed by atoms with Gasteiger partial charge in [-0.1, -0.05) is 18.2 Å². The Morgan fingerprint density at radius 1 is 0.960 bits per heavy atom. The fraction of sp³-hybridized carbons (Fsp3) is 0.400. The molecule has 2 aromatic rings. The Kier molecular flexibility index (Phi) is 4.93. The van der Waals surface area contributed by atoms with Gasteiger partial charge in [0.15, 0.2) is 0 Å². The summed E-state index contributed by atoms with van der Waals surface area (Å²) in [6.45, 7) is 6.48. The van der Waals surface area contributed by atoms with Crippen molar-refractivity contribution in [2.24, 2.45) is 7.05 Å². The van der Waals surface area contributed by atoms with Gasteiger partial charge in [0.25, 0.3) is 5.91 Å². The Hall–Kier alpha value is -2.56. The maximum absolute atomic E-state index is 12.6. The average molecular weight is 339 g/mol. The third-order valence-corrected chi connectivity index (χ3v) is 5.16. The molecule has 0 unspecified atom stereocenters. The van der Waals surface area contributed by atoms with Gasteiger partial charge in [-0.15, -0.1) is 0 Å². The maximum Gasteiger partial charge on any atom is 0.253 e. The fourth-order valence-corrected chi connectivity index (χ4v) is 3.31. The van der Waals surface area contributed by atoms with E-state index in [-0.39, 0.29) is 11.8 Å². The summed E-state index contributed by atoms with van der Waals surface area (Å²) in [4.78, 5) is 28.8. The number of aryl methyl sites for hydroxylation is 1. The minimum atomic E-state index is 0.0437. The Labute approximate surface area is 148 Å². The number of hydrogen-bond donors (Lipinski definition) is 0. The Morgan fingerprint density at radius 2 is 1.56 bits per heavy atom. The predicted molar refractivity (Wildman–Crippen MR) is 97.5 cm³/mol. The molecule has 3 rings (SSSR count). The first kappa shape index (κ1) is 17.3. The number of hydrogen-bond acceptors (Lipinski definition) is 2. The first-order valence-electron chi connectivity index (χ1n) is 8.71. The summed E-state index contributed by atoms with van der Waals surface area (Å²) in [7, 11) is 2.02. The molecule has 1 aliphatic rings. The normalized spacial score (nSPS) is 14.7. The minimum absolute atomic E-state index is 0.0437. The lowest BCUT2D eigenvalue weighted by Crippen LogP contribution is -2.51. The second-order valence-corrected chi connectivity index (χ2v) is 6.67. The van der Waals surface area contributed by atoms with E-state index in [1.165, 1.54) is 5.69 Å². The average Bonchev–Trinajstić information content (AvgIpc) is 2.88. The maximum atomic E-state index is 12.6. The molecule has 1 aromatic carbocycles. The molecular formula is C20H25N3O2. The van der Waals surface area contributed by atoms with Crippen molar-refractivity contribution in [2.75, 3.05) is 26.2 Å². The van der Waals surface area contributed by atoms with Crippen LogP contribution in [0.25, 0.3) is 0 Å². The highest BCUT2D eigenvalue weighted by Gasteiger charge is 2.25. The third kappa shape index (κ3) is 3.60. The molecule has 0 spiro atoms. The number of piperazine rings is 1. The van der Waals surface area contributed by atoms with Crippen molar-refractivity contribution >= 4 is 11.8 Å². The van der Waals surface area contributed by atoms with E-state index in [9.17, 15) is 9.59 Å². The van der Waals surface area contributed by atoms with Crippen LogP contribution in [0, 0.1) is 13.8 Å². The first-order valence-corrected chi connectivity index (χ1v) is 8.71. The summed E-state index contributed by atoms with van der Waals surface area (Å²) in [5, 5.41) is 0. The van der Waals surface area contributed by atoms with E-state index in [0.29, 0.717) is 38.2 Å². The highest BCUT2D eigenvalue weighted by molar-refractivity contribution is 5.94. The van der Waals surface area contributed by atoms with Gasteiger partial charge in [-0.3, -0.25) is 9.59 Å². The minimum Gasteiger partial charge on any atom is -0.352 e. The van der Waals surface area contributed by atoms with Gasteiger partial charge in [-0.25, -0.2) is 0 Å². The van der Waals surface area contributed by atoms with Crippen LogP contribution in [0.2, 0.25) is 0 Å². The van der Waals surface area contributed by atoms with Crippen LogP contribution in [0.15, 0.2) is 36.4 Å². The molecule has 5 heteroatoms. The second kappa shape index (κ2) is 7.13. The lowest BCUT2D eigenvalue weighted by atomic mass is 10.1. The van der Waals surface area contributed by atoms with Crippen molar-refractivity contribution in [1.29, 1.82) is 0 Å². The molecule has 1 aromatic heterocycles. The molecule has 0 atom stereocenters. The summed E-state index contributed by atoms with van der Waals surface area (Å²) >= 11 is 0. The zero-order valence-electron chi connectivity index (χ0n) is 15.2. The highest BCUT2D eigenvalue weighted by Crippen LogP contribution is 2.16. The third-order valence-electron chi connectivity index (χ3n) is 5.16. The van der Waals surface area contributed by atoms with Crippen LogP contribution in [-0.2, 0) is 18.3 Å². The number of nitrogens with zero attached hydrogens (tertiary/aromatic N) is 3. The number of rotatable bonds is 3. The molecule has 0 bridgehead atoms. The quantitative estimate of drug-likeness (QED) is 0.860. The van der Waals surface area contributed by atoms with E-state index in [1.807, 2.05) is 54.1 Å². The van der Waals surface area contributed by atoms with E-state index >= 15 is 0 Å². The summed E-state index contributed by atoms with van der Waals surface area (Å²) < 4.78 is 2.11. The molecule has 0 N–H and O–H groups in total. The second-order valence-electron chi connectivity index (χ2n) is 6.67. The molecule has 1 saturated heterocycles. The molecule has 2 amide bonds. The summed E-state index contributed by atoms with van der Waals surface area (Å²) in [5.74, 6) is 0.183. The lowest BCUT2D eigenvalue weighted by Gasteiger charge is -2.35. The number of carbonyl (C=O) groups is 2. The molecular weight excluding hydrogens is 314 g/mol. The largest absolute Gasteiger partial charge is 0.352 e. The number of aromatic nitrogens is 1. The van der Waals surface area contributed by atoms with Crippen molar-refractivity contribution in [3.63, 3.8) is 0 Å². The topological polar surface area (TPSA) is 45.6 Å². The smallest absolute Gasteiger partial charge is 0.253 e. The van der Waals surface area contributed by atoms with E-state index in [4.69, 9.17) is 0 Å². The van der Waals surface area contributed by atoms with Gasteiger partial charge in [0, 0.05) is 50.2 Å². The van der Waals surface area contributed by atoms with E-state index < -0.39 is 0 Å². The lowest BCUT2D eigenvalue weighted by molar-refractivity contribution is -0.131. The molecule has 132 valence electrons. The molecule has 0 saturated carbocycles. The number of carbonyl (C=O) groups excluding carboxylic acids is 2. The molecule has 2 heterocycles. The zero-order chi connectivity index (χ0) is 18.0. The SMILES string of the molecule is Cc1cc(CC(=O)N2CCN(C(=O)c3ccccc3)CC2)c(C)n1C. The van der Waals surface area contributed by atoms with Crippen molar-refractivity contribution in [1.82, 2.24) is 14.4 Å². The van der Waals surface area contributed by atoms with Gasteiger partial charge in [0.05, 0.1) is 6.42 Å². The number of amides is 2. The molecule has 0 radical (unpaired) electrons. The van der Waals surface area contributed by atoms with Crippen molar-refractivity contribution in [3.8, 4) is 0 Å².